The van der Waals surface area contributed by atoms with Gasteiger partial charge in [-0.3, -0.25) is 14.2 Å². The van der Waals surface area contributed by atoms with E-state index in [1.54, 1.807) is 0 Å². The number of phosphoric ester groups is 1. The van der Waals surface area contributed by atoms with Crippen LogP contribution in [0.15, 0.2) is 0 Å². The van der Waals surface area contributed by atoms with Gasteiger partial charge in [0.25, 0.3) is 0 Å². The van der Waals surface area contributed by atoms with Gasteiger partial charge in [-0.25, -0.2) is 4.57 Å². The Bertz CT molecular complexity index is 320. The van der Waals surface area contributed by atoms with E-state index in [1.165, 1.54) is 4.90 Å². The van der Waals surface area contributed by atoms with Gasteiger partial charge in [-0.2, -0.15) is 0 Å². The van der Waals surface area contributed by atoms with Crippen LogP contribution in [0, 0.1) is 0 Å². The molecule has 0 aromatic rings. The van der Waals surface area contributed by atoms with Gasteiger partial charge in [0, 0.05) is 32.8 Å². The van der Waals surface area contributed by atoms with Crippen LogP contribution in [0.25, 0.3) is 0 Å². The summed E-state index contributed by atoms with van der Waals surface area (Å²) in [5.41, 5.74) is 0. The van der Waals surface area contributed by atoms with Gasteiger partial charge >= 0.3 is 7.82 Å². The summed E-state index contributed by atoms with van der Waals surface area (Å²) in [5, 5.41) is 8.69. The first-order valence-corrected chi connectivity index (χ1v) is 7.26. The second-order valence-corrected chi connectivity index (χ2v) is 5.30. The lowest BCUT2D eigenvalue weighted by Crippen LogP contribution is -2.51. The molecule has 0 aromatic heterocycles. The number of hydrogen-bond acceptors (Lipinski definition) is 5. The molecule has 18 heavy (non-hydrogen) atoms. The van der Waals surface area contributed by atoms with E-state index in [0.717, 1.165) is 0 Å². The molecule has 0 aliphatic carbocycles. The predicted molar refractivity (Wildman–Crippen MR) is 62.7 cm³/mol. The van der Waals surface area contributed by atoms with E-state index < -0.39 is 7.82 Å². The van der Waals surface area contributed by atoms with Crippen molar-refractivity contribution in [3.05, 3.63) is 0 Å². The van der Waals surface area contributed by atoms with Crippen molar-refractivity contribution in [2.24, 2.45) is 0 Å². The Morgan fingerprint density at radius 3 is 2.56 bits per heavy atom. The minimum absolute atomic E-state index is 0.0894. The molecule has 106 valence electrons. The molecular formula is C9H19N2O6P. The lowest BCUT2D eigenvalue weighted by molar-refractivity contribution is -0.136. The number of rotatable bonds is 7. The van der Waals surface area contributed by atoms with E-state index in [9.17, 15) is 9.36 Å². The maximum atomic E-state index is 11.7. The Hall–Kier alpha value is -0.500. The summed E-state index contributed by atoms with van der Waals surface area (Å²) in [4.78, 5) is 32.2. The maximum absolute atomic E-state index is 11.7. The molecule has 1 aliphatic rings. The highest BCUT2D eigenvalue weighted by atomic mass is 31.2. The highest BCUT2D eigenvalue weighted by molar-refractivity contribution is 7.46. The van der Waals surface area contributed by atoms with Gasteiger partial charge in [0.05, 0.1) is 13.2 Å². The van der Waals surface area contributed by atoms with Crippen molar-refractivity contribution in [1.82, 2.24) is 9.80 Å². The summed E-state index contributed by atoms with van der Waals surface area (Å²) in [5.74, 6) is -0.0894. The van der Waals surface area contributed by atoms with Crippen LogP contribution in [-0.4, -0.2) is 76.5 Å². The Kier molecular flexibility index (Phi) is 6.20. The number of carbonyl (C=O) groups is 1. The molecule has 1 fully saturated rings. The lowest BCUT2D eigenvalue weighted by Gasteiger charge is -2.34. The van der Waals surface area contributed by atoms with E-state index in [4.69, 9.17) is 14.9 Å². The van der Waals surface area contributed by atoms with Crippen molar-refractivity contribution in [1.29, 1.82) is 0 Å². The normalized spacial score (nSPS) is 18.4. The molecule has 1 rings (SSSR count). The van der Waals surface area contributed by atoms with E-state index >= 15 is 0 Å². The van der Waals surface area contributed by atoms with E-state index in [1.807, 2.05) is 4.90 Å². The van der Waals surface area contributed by atoms with Gasteiger partial charge < -0.3 is 19.8 Å². The molecule has 0 aromatic carbocycles. The molecule has 0 saturated carbocycles. The number of amides is 1. The van der Waals surface area contributed by atoms with Crippen molar-refractivity contribution in [2.45, 2.75) is 6.42 Å². The van der Waals surface area contributed by atoms with Crippen LogP contribution in [0.3, 0.4) is 0 Å². The lowest BCUT2D eigenvalue weighted by atomic mass is 10.3. The largest absolute Gasteiger partial charge is 0.469 e. The molecule has 1 saturated heterocycles. The summed E-state index contributed by atoms with van der Waals surface area (Å²) in [7, 11) is -4.46. The smallest absolute Gasteiger partial charge is 0.396 e. The average molecular weight is 282 g/mol. The van der Waals surface area contributed by atoms with Crippen LogP contribution in [0.4, 0.5) is 0 Å². The van der Waals surface area contributed by atoms with Crippen molar-refractivity contribution >= 4 is 13.7 Å². The van der Waals surface area contributed by atoms with E-state index in [0.29, 0.717) is 26.1 Å². The third kappa shape index (κ3) is 5.90. The topological polar surface area (TPSA) is 111 Å². The second kappa shape index (κ2) is 7.18. The molecule has 8 nitrogen and oxygen atoms in total. The minimum atomic E-state index is -4.46. The van der Waals surface area contributed by atoms with E-state index in [2.05, 4.69) is 4.52 Å². The van der Waals surface area contributed by atoms with Crippen molar-refractivity contribution in [2.75, 3.05) is 45.9 Å². The third-order valence-corrected chi connectivity index (χ3v) is 3.17. The number of aliphatic hydroxyl groups is 1. The van der Waals surface area contributed by atoms with Gasteiger partial charge in [-0.05, 0) is 6.42 Å². The van der Waals surface area contributed by atoms with Gasteiger partial charge in [0.15, 0.2) is 0 Å². The zero-order valence-corrected chi connectivity index (χ0v) is 11.0. The third-order valence-electron chi connectivity index (χ3n) is 2.65. The Morgan fingerprint density at radius 1 is 1.28 bits per heavy atom. The van der Waals surface area contributed by atoms with Crippen LogP contribution in [0.2, 0.25) is 0 Å². The quantitative estimate of drug-likeness (QED) is 0.494. The van der Waals surface area contributed by atoms with Crippen LogP contribution >= 0.6 is 7.82 Å². The molecule has 0 radical (unpaired) electrons. The van der Waals surface area contributed by atoms with Crippen molar-refractivity contribution in [3.8, 4) is 0 Å². The fraction of sp³-hybridized carbons (Fsp3) is 0.889. The first-order chi connectivity index (χ1) is 8.42. The van der Waals surface area contributed by atoms with Gasteiger partial charge in [0.2, 0.25) is 5.91 Å². The number of nitrogens with zero attached hydrogens (tertiary/aromatic N) is 2. The maximum Gasteiger partial charge on any atom is 0.469 e. The molecule has 9 heteroatoms. The molecule has 0 spiro atoms. The SMILES string of the molecule is O=C1CN(CCCO)CCN1CCOP(=O)(O)O. The summed E-state index contributed by atoms with van der Waals surface area (Å²) in [6.45, 7) is 2.26. The van der Waals surface area contributed by atoms with Crippen LogP contribution in [0.1, 0.15) is 6.42 Å². The molecule has 1 aliphatic heterocycles. The van der Waals surface area contributed by atoms with Gasteiger partial charge in [-0.15, -0.1) is 0 Å². The summed E-state index contributed by atoms with van der Waals surface area (Å²) in [6.07, 6.45) is 0.634. The number of carbonyl (C=O) groups excluding carboxylic acids is 1. The van der Waals surface area contributed by atoms with Gasteiger partial charge in [-0.1, -0.05) is 0 Å². The highest BCUT2D eigenvalue weighted by Gasteiger charge is 2.24. The second-order valence-electron chi connectivity index (χ2n) is 4.06. The van der Waals surface area contributed by atoms with Crippen molar-refractivity contribution < 1.29 is 28.8 Å². The highest BCUT2D eigenvalue weighted by Crippen LogP contribution is 2.35. The average Bonchev–Trinajstić information content (AvgIpc) is 2.27. The van der Waals surface area contributed by atoms with Crippen LogP contribution in [0.5, 0.6) is 0 Å². The molecule has 1 heterocycles. The molecule has 1 amide bonds. The molecule has 0 bridgehead atoms. The minimum Gasteiger partial charge on any atom is -0.396 e. The molecule has 0 atom stereocenters. The number of aliphatic hydroxyl groups excluding tert-OH is 1. The first kappa shape index (κ1) is 15.6. The summed E-state index contributed by atoms with van der Waals surface area (Å²) in [6, 6.07) is 0. The summed E-state index contributed by atoms with van der Waals surface area (Å²) < 4.78 is 14.8. The van der Waals surface area contributed by atoms with Crippen molar-refractivity contribution in [3.63, 3.8) is 0 Å². The van der Waals surface area contributed by atoms with Crippen LogP contribution in [-0.2, 0) is 13.9 Å². The molecule has 0 unspecified atom stereocenters. The fourth-order valence-corrected chi connectivity index (χ4v) is 2.07. The van der Waals surface area contributed by atoms with Crippen LogP contribution < -0.4 is 0 Å². The standard InChI is InChI=1S/C9H19N2O6P/c12-6-1-2-10-3-4-11(9(13)8-10)5-7-17-18(14,15)16/h12H,1-8H2,(H2,14,15,16). The number of phosphoric acid groups is 1. The Labute approximate surface area is 105 Å². The Balaban J connectivity index is 2.25. The number of hydrogen-bond donors (Lipinski definition) is 3. The Morgan fingerprint density at radius 2 is 2.00 bits per heavy atom. The number of piperazine rings is 1. The monoisotopic (exact) mass is 282 g/mol. The molecule has 3 N–H and O–H groups in total. The zero-order chi connectivity index (χ0) is 13.6. The predicted octanol–water partition coefficient (Wildman–Crippen LogP) is -1.38. The first-order valence-electron chi connectivity index (χ1n) is 5.73. The summed E-state index contributed by atoms with van der Waals surface area (Å²) >= 11 is 0. The van der Waals surface area contributed by atoms with Gasteiger partial charge in [0.1, 0.15) is 0 Å². The fourth-order valence-electron chi connectivity index (χ4n) is 1.75. The molecular weight excluding hydrogens is 263 g/mol. The zero-order valence-electron chi connectivity index (χ0n) is 10.1. The van der Waals surface area contributed by atoms with E-state index in [-0.39, 0.29) is 32.2 Å².